The Bertz CT molecular complexity index is 2030. The predicted molar refractivity (Wildman–Crippen MR) is 237 cm³/mol. The van der Waals surface area contributed by atoms with E-state index in [9.17, 15) is 33.9 Å². The summed E-state index contributed by atoms with van der Waals surface area (Å²) in [5.41, 5.74) is 7.73. The third-order valence-corrected chi connectivity index (χ3v) is 10.9. The summed E-state index contributed by atoms with van der Waals surface area (Å²) in [4.78, 5) is 76.8. The molecule has 4 amide bonds. The van der Waals surface area contributed by atoms with Gasteiger partial charge in [0.15, 0.2) is 5.78 Å². The number of aliphatic carboxylic acids is 1. The number of nitrogens with one attached hydrogen (secondary N) is 3. The van der Waals surface area contributed by atoms with Gasteiger partial charge in [-0.05, 0) is 82.3 Å². The Morgan fingerprint density at radius 1 is 0.645 bits per heavy atom. The molecule has 3 atom stereocenters. The van der Waals surface area contributed by atoms with Gasteiger partial charge in [-0.15, -0.1) is 11.8 Å². The first-order valence-corrected chi connectivity index (χ1v) is 21.1. The van der Waals surface area contributed by atoms with Gasteiger partial charge in [0.25, 0.3) is 0 Å². The Hall–Kier alpha value is -6.35. The van der Waals surface area contributed by atoms with Crippen molar-refractivity contribution in [1.82, 2.24) is 16.0 Å². The smallest absolute Gasteiger partial charge is 0.412 e. The number of benzene rings is 4. The molecule has 6 N–H and O–H groups in total. The van der Waals surface area contributed by atoms with Crippen LogP contribution in [0.15, 0.2) is 115 Å². The van der Waals surface area contributed by atoms with Gasteiger partial charge in [0.05, 0.1) is 16.7 Å². The van der Waals surface area contributed by atoms with E-state index in [2.05, 4.69) is 16.0 Å². The van der Waals surface area contributed by atoms with Gasteiger partial charge in [0.2, 0.25) is 5.91 Å². The van der Waals surface area contributed by atoms with E-state index < -0.39 is 69.9 Å². The van der Waals surface area contributed by atoms with E-state index in [1.54, 1.807) is 53.7 Å². The Morgan fingerprint density at radius 2 is 1.10 bits per heavy atom. The minimum absolute atomic E-state index is 0.0651. The second-order valence-electron chi connectivity index (χ2n) is 16.5. The summed E-state index contributed by atoms with van der Waals surface area (Å²) in [7, 11) is 0. The van der Waals surface area contributed by atoms with Crippen LogP contribution in [0.25, 0.3) is 0 Å². The van der Waals surface area contributed by atoms with E-state index in [0.717, 1.165) is 16.7 Å². The zero-order valence-electron chi connectivity index (χ0n) is 35.8. The molecule has 0 aromatic heterocycles. The van der Waals surface area contributed by atoms with E-state index in [1.165, 1.54) is 23.9 Å². The maximum Gasteiger partial charge on any atom is 0.412 e. The number of hydrogen-bond donors (Lipinski definition) is 5. The standard InChI is InChI=1S/C47H56N4O10S/c1-45(2,3)60-43(57)50-37(26-27-49-42(56)59-36-24-22-31(23-25-36)28-38(41(54)55)51-44(58)61-46(4,5)6)39(52)29-32(40(48)53)30-62-47(33-16-10-7-11-17-33,34-18-12-8-13-19-34)35-20-14-9-15-21-35/h7-25,32,37-38H,26-30H2,1-6H3,(H2,48,53)(H,49,56)(H,50,57)(H,51,58)(H,54,55)/t32-,37-,38-/m0/s1. The van der Waals surface area contributed by atoms with E-state index in [1.807, 2.05) is 91.0 Å². The number of carboxylic acids is 1. The quantitative estimate of drug-likeness (QED) is 0.0587. The first-order valence-electron chi connectivity index (χ1n) is 20.1. The highest BCUT2D eigenvalue weighted by atomic mass is 32.2. The number of amides is 4. The molecule has 0 spiro atoms. The molecule has 0 aliphatic rings. The number of thioether (sulfide) groups is 1. The van der Waals surface area contributed by atoms with Crippen LogP contribution < -0.4 is 26.4 Å². The molecule has 4 aromatic rings. The number of ketones is 1. The summed E-state index contributed by atoms with van der Waals surface area (Å²) in [5, 5.41) is 17.1. The van der Waals surface area contributed by atoms with Gasteiger partial charge in [-0.3, -0.25) is 9.59 Å². The minimum Gasteiger partial charge on any atom is -0.480 e. The van der Waals surface area contributed by atoms with E-state index in [-0.39, 0.29) is 37.3 Å². The molecule has 0 saturated carbocycles. The highest BCUT2D eigenvalue weighted by molar-refractivity contribution is 8.00. The van der Waals surface area contributed by atoms with Crippen molar-refractivity contribution in [1.29, 1.82) is 0 Å². The van der Waals surface area contributed by atoms with Crippen LogP contribution in [0.1, 0.15) is 76.6 Å². The Morgan fingerprint density at radius 3 is 1.52 bits per heavy atom. The lowest BCUT2D eigenvalue weighted by Crippen LogP contribution is -2.46. The van der Waals surface area contributed by atoms with Crippen LogP contribution >= 0.6 is 11.8 Å². The second-order valence-corrected chi connectivity index (χ2v) is 17.8. The summed E-state index contributed by atoms with van der Waals surface area (Å²) in [6.45, 7) is 9.90. The number of alkyl carbamates (subject to hydrolysis) is 2. The first kappa shape index (κ1) is 48.3. The van der Waals surface area contributed by atoms with Gasteiger partial charge < -0.3 is 41.0 Å². The highest BCUT2D eigenvalue weighted by Gasteiger charge is 2.39. The molecule has 330 valence electrons. The van der Waals surface area contributed by atoms with Crippen LogP contribution in [-0.4, -0.2) is 76.6 Å². The largest absolute Gasteiger partial charge is 0.480 e. The molecular weight excluding hydrogens is 813 g/mol. The number of hydrogen-bond acceptors (Lipinski definition) is 10. The molecule has 0 unspecified atom stereocenters. The number of ether oxygens (including phenoxy) is 3. The van der Waals surface area contributed by atoms with Gasteiger partial charge in [0, 0.05) is 25.1 Å². The zero-order chi connectivity index (χ0) is 45.5. The molecule has 62 heavy (non-hydrogen) atoms. The zero-order valence-corrected chi connectivity index (χ0v) is 36.7. The number of carbonyl (C=O) groups excluding carboxylic acids is 5. The van der Waals surface area contributed by atoms with Crippen molar-refractivity contribution in [3.63, 3.8) is 0 Å². The molecule has 4 rings (SSSR count). The normalized spacial score (nSPS) is 13.1. The average Bonchev–Trinajstić information content (AvgIpc) is 3.20. The molecule has 0 aliphatic heterocycles. The molecule has 4 aromatic carbocycles. The van der Waals surface area contributed by atoms with Crippen molar-refractivity contribution in [3.8, 4) is 5.75 Å². The fourth-order valence-electron chi connectivity index (χ4n) is 6.43. The first-order chi connectivity index (χ1) is 29.3. The van der Waals surface area contributed by atoms with Crippen LogP contribution in [-0.2, 0) is 35.0 Å². The maximum absolute atomic E-state index is 14.0. The Balaban J connectivity index is 1.45. The molecular formula is C47H56N4O10S. The second kappa shape index (κ2) is 22.0. The molecule has 0 aliphatic carbocycles. The van der Waals surface area contributed by atoms with Gasteiger partial charge in [-0.25, -0.2) is 19.2 Å². The fourth-order valence-corrected chi connectivity index (χ4v) is 8.07. The molecule has 15 heteroatoms. The van der Waals surface area contributed by atoms with Crippen molar-refractivity contribution in [3.05, 3.63) is 138 Å². The lowest BCUT2D eigenvalue weighted by atomic mass is 9.84. The third kappa shape index (κ3) is 15.0. The molecule has 0 fully saturated rings. The lowest BCUT2D eigenvalue weighted by molar-refractivity contribution is -0.139. The predicted octanol–water partition coefficient (Wildman–Crippen LogP) is 7.36. The average molecular weight is 869 g/mol. The van der Waals surface area contributed by atoms with Crippen LogP contribution in [0.5, 0.6) is 5.75 Å². The van der Waals surface area contributed by atoms with Gasteiger partial charge in [-0.2, -0.15) is 0 Å². The third-order valence-electron chi connectivity index (χ3n) is 9.24. The molecule has 0 heterocycles. The molecule has 14 nitrogen and oxygen atoms in total. The Kier molecular flexibility index (Phi) is 17.1. The van der Waals surface area contributed by atoms with Gasteiger partial charge >= 0.3 is 24.2 Å². The Labute approximate surface area is 366 Å². The fraction of sp³-hybridized carbons (Fsp3) is 0.362. The van der Waals surface area contributed by atoms with Crippen LogP contribution in [0.4, 0.5) is 14.4 Å². The number of rotatable bonds is 19. The van der Waals surface area contributed by atoms with Crippen molar-refractivity contribution >= 4 is 47.7 Å². The number of carboxylic acid groups (broad SMARTS) is 1. The number of nitrogens with two attached hydrogens (primary N) is 1. The summed E-state index contributed by atoms with van der Waals surface area (Å²) < 4.78 is 15.2. The van der Waals surface area contributed by atoms with Crippen molar-refractivity contribution < 1.29 is 48.1 Å². The minimum atomic E-state index is -1.27. The monoisotopic (exact) mass is 868 g/mol. The topological polar surface area (TPSA) is 212 Å². The number of Topliss-reactive ketones (excluding diaryl/α,β-unsaturated/α-hetero) is 1. The van der Waals surface area contributed by atoms with Gasteiger partial charge in [0.1, 0.15) is 23.0 Å². The summed E-state index contributed by atoms with van der Waals surface area (Å²) in [5.74, 6) is -3.08. The molecule has 0 radical (unpaired) electrons. The summed E-state index contributed by atoms with van der Waals surface area (Å²) in [6.07, 6.45) is -3.03. The highest BCUT2D eigenvalue weighted by Crippen LogP contribution is 2.49. The van der Waals surface area contributed by atoms with Crippen molar-refractivity contribution in [2.24, 2.45) is 11.7 Å². The molecule has 0 saturated heterocycles. The van der Waals surface area contributed by atoms with Crippen LogP contribution in [0.2, 0.25) is 0 Å². The van der Waals surface area contributed by atoms with Gasteiger partial charge in [-0.1, -0.05) is 103 Å². The van der Waals surface area contributed by atoms with Crippen LogP contribution in [0.3, 0.4) is 0 Å². The number of carbonyl (C=O) groups is 6. The molecule has 0 bridgehead atoms. The van der Waals surface area contributed by atoms with Crippen molar-refractivity contribution in [2.45, 2.75) is 88.8 Å². The lowest BCUT2D eigenvalue weighted by Gasteiger charge is -2.36. The van der Waals surface area contributed by atoms with E-state index in [0.29, 0.717) is 5.56 Å². The summed E-state index contributed by atoms with van der Waals surface area (Å²) >= 11 is 1.49. The van der Waals surface area contributed by atoms with E-state index in [4.69, 9.17) is 19.9 Å². The SMILES string of the molecule is CC(C)(C)OC(=O)N[C@@H](Cc1ccc(OC(=O)NCC[C@H](NC(=O)OC(C)(C)C)C(=O)C[C@@H](CSC(c2ccccc2)(c2ccccc2)c2ccccc2)C(N)=O)cc1)C(=O)O. The number of primary amides is 1. The van der Waals surface area contributed by atoms with Crippen LogP contribution in [0, 0.1) is 5.92 Å². The maximum atomic E-state index is 14.0. The summed E-state index contributed by atoms with van der Waals surface area (Å²) in [6, 6.07) is 33.2. The van der Waals surface area contributed by atoms with Crippen molar-refractivity contribution in [2.75, 3.05) is 12.3 Å². The van der Waals surface area contributed by atoms with E-state index >= 15 is 0 Å².